The van der Waals surface area contributed by atoms with Crippen LogP contribution in [0.5, 0.6) is 5.75 Å². The molecule has 3 rings (SSSR count). The summed E-state index contributed by atoms with van der Waals surface area (Å²) in [5.74, 6) is -0.167. The summed E-state index contributed by atoms with van der Waals surface area (Å²) in [4.78, 5) is 16.2. The number of para-hydroxylation sites is 1. The molecule has 0 saturated carbocycles. The van der Waals surface area contributed by atoms with Crippen LogP contribution < -0.4 is 10.5 Å². The average Bonchev–Trinajstić information content (AvgIpc) is 2.59. The third-order valence-electron chi connectivity index (χ3n) is 3.56. The van der Waals surface area contributed by atoms with Gasteiger partial charge < -0.3 is 10.5 Å². The van der Waals surface area contributed by atoms with Crippen LogP contribution >= 0.6 is 11.8 Å². The van der Waals surface area contributed by atoms with Crippen molar-refractivity contribution in [3.63, 3.8) is 0 Å². The number of ether oxygens (including phenoxy) is 1. The quantitative estimate of drug-likeness (QED) is 0.717. The number of hydrogen-bond acceptors (Lipinski definition) is 4. The van der Waals surface area contributed by atoms with Crippen molar-refractivity contribution >= 4 is 28.6 Å². The lowest BCUT2D eigenvalue weighted by molar-refractivity contribution is 0.100. The van der Waals surface area contributed by atoms with Crippen LogP contribution in [0.3, 0.4) is 0 Å². The number of primary amides is 1. The number of hydrogen-bond donors (Lipinski definition) is 1. The molecule has 0 aliphatic heterocycles. The van der Waals surface area contributed by atoms with Gasteiger partial charge in [-0.05, 0) is 29.8 Å². The summed E-state index contributed by atoms with van der Waals surface area (Å²) in [7, 11) is 1.43. The van der Waals surface area contributed by atoms with Crippen LogP contribution in [-0.2, 0) is 5.75 Å². The Labute approximate surface area is 142 Å². The number of carbonyl (C=O) groups is 1. The van der Waals surface area contributed by atoms with Gasteiger partial charge in [0.1, 0.15) is 0 Å². The summed E-state index contributed by atoms with van der Waals surface area (Å²) < 4.78 is 18.7. The number of methoxy groups -OCH3 is 1. The maximum absolute atomic E-state index is 13.7. The molecule has 1 amide bonds. The first-order valence-corrected chi connectivity index (χ1v) is 8.22. The minimum absolute atomic E-state index is 0.212. The summed E-state index contributed by atoms with van der Waals surface area (Å²) >= 11 is 1.42. The second-order valence-electron chi connectivity index (χ2n) is 5.15. The van der Waals surface area contributed by atoms with Gasteiger partial charge in [0.15, 0.2) is 11.6 Å². The predicted octanol–water partition coefficient (Wildman–Crippen LogP) is 3.77. The number of halogens is 1. The summed E-state index contributed by atoms with van der Waals surface area (Å²) in [6, 6.07) is 13.8. The van der Waals surface area contributed by atoms with E-state index in [0.717, 1.165) is 10.9 Å². The summed E-state index contributed by atoms with van der Waals surface area (Å²) in [6.07, 6.45) is 0. The molecule has 0 spiro atoms. The van der Waals surface area contributed by atoms with E-state index in [1.54, 1.807) is 18.2 Å². The molecular formula is C18H15FN2O2S. The number of fused-ring (bicyclic) bond motifs is 1. The number of rotatable bonds is 5. The Hall–Kier alpha value is -2.60. The van der Waals surface area contributed by atoms with Crippen LogP contribution in [0.25, 0.3) is 10.9 Å². The van der Waals surface area contributed by atoms with Crippen molar-refractivity contribution in [2.24, 2.45) is 5.73 Å². The van der Waals surface area contributed by atoms with E-state index in [2.05, 4.69) is 4.98 Å². The van der Waals surface area contributed by atoms with E-state index in [4.69, 9.17) is 10.5 Å². The van der Waals surface area contributed by atoms with E-state index in [-0.39, 0.29) is 5.75 Å². The largest absolute Gasteiger partial charge is 0.494 e. The van der Waals surface area contributed by atoms with Gasteiger partial charge in [0, 0.05) is 11.1 Å². The van der Waals surface area contributed by atoms with Crippen molar-refractivity contribution in [3.8, 4) is 5.75 Å². The van der Waals surface area contributed by atoms with Gasteiger partial charge in [-0.15, -0.1) is 11.8 Å². The maximum atomic E-state index is 13.7. The molecule has 24 heavy (non-hydrogen) atoms. The summed E-state index contributed by atoms with van der Waals surface area (Å²) in [5, 5.41) is 1.39. The van der Waals surface area contributed by atoms with Crippen molar-refractivity contribution < 1.29 is 13.9 Å². The molecule has 3 aromatic rings. The number of nitrogens with zero attached hydrogens (tertiary/aromatic N) is 1. The highest BCUT2D eigenvalue weighted by atomic mass is 32.2. The highest BCUT2D eigenvalue weighted by Gasteiger charge is 2.11. The molecular weight excluding hydrogens is 327 g/mol. The van der Waals surface area contributed by atoms with Gasteiger partial charge in [0.2, 0.25) is 5.91 Å². The second kappa shape index (κ2) is 6.88. The van der Waals surface area contributed by atoms with Gasteiger partial charge in [-0.1, -0.05) is 24.3 Å². The normalized spacial score (nSPS) is 10.8. The molecule has 0 aliphatic rings. The predicted molar refractivity (Wildman–Crippen MR) is 92.8 cm³/mol. The van der Waals surface area contributed by atoms with E-state index < -0.39 is 11.7 Å². The molecule has 2 N–H and O–H groups in total. The third-order valence-corrected chi connectivity index (χ3v) is 4.54. The van der Waals surface area contributed by atoms with Crippen LogP contribution in [0.2, 0.25) is 0 Å². The van der Waals surface area contributed by atoms with E-state index in [1.165, 1.54) is 24.9 Å². The van der Waals surface area contributed by atoms with Crippen molar-refractivity contribution in [3.05, 3.63) is 65.5 Å². The van der Waals surface area contributed by atoms with E-state index in [9.17, 15) is 9.18 Å². The molecule has 122 valence electrons. The zero-order valence-electron chi connectivity index (χ0n) is 13.0. The number of benzene rings is 2. The molecule has 1 aromatic heterocycles. The fourth-order valence-electron chi connectivity index (χ4n) is 2.39. The number of pyridine rings is 1. The first kappa shape index (κ1) is 16.3. The molecule has 0 atom stereocenters. The van der Waals surface area contributed by atoms with Gasteiger partial charge >= 0.3 is 0 Å². The number of amides is 1. The first-order valence-electron chi connectivity index (χ1n) is 7.23. The van der Waals surface area contributed by atoms with Gasteiger partial charge in [-0.3, -0.25) is 4.79 Å². The molecule has 2 aromatic carbocycles. The van der Waals surface area contributed by atoms with Crippen LogP contribution in [0, 0.1) is 5.82 Å². The molecule has 0 fully saturated rings. The standard InChI is InChI=1S/C18H15FN2O2S/c1-23-16-7-6-11(8-14(16)19)10-24-17-9-13(18(20)22)12-4-2-3-5-15(12)21-17/h2-9H,10H2,1H3,(H2,20,22). The zero-order chi connectivity index (χ0) is 17.1. The topological polar surface area (TPSA) is 65.2 Å². The lowest BCUT2D eigenvalue weighted by Gasteiger charge is -2.08. The second-order valence-corrected chi connectivity index (χ2v) is 6.14. The fraction of sp³-hybridized carbons (Fsp3) is 0.111. The molecule has 0 unspecified atom stereocenters. The van der Waals surface area contributed by atoms with Crippen molar-refractivity contribution in [2.45, 2.75) is 10.8 Å². The Morgan fingerprint density at radius 1 is 1.25 bits per heavy atom. The lowest BCUT2D eigenvalue weighted by atomic mass is 10.1. The smallest absolute Gasteiger partial charge is 0.249 e. The Kier molecular flexibility index (Phi) is 4.66. The SMILES string of the molecule is COc1ccc(CSc2cc(C(N)=O)c3ccccc3n2)cc1F. The van der Waals surface area contributed by atoms with E-state index >= 15 is 0 Å². The first-order chi connectivity index (χ1) is 11.6. The highest BCUT2D eigenvalue weighted by Crippen LogP contribution is 2.27. The minimum Gasteiger partial charge on any atom is -0.494 e. The van der Waals surface area contributed by atoms with E-state index in [1.807, 2.05) is 24.3 Å². The third kappa shape index (κ3) is 3.33. The van der Waals surface area contributed by atoms with Crippen molar-refractivity contribution in [2.75, 3.05) is 7.11 Å². The molecule has 6 heteroatoms. The van der Waals surface area contributed by atoms with Crippen LogP contribution in [0.1, 0.15) is 15.9 Å². The van der Waals surface area contributed by atoms with Crippen LogP contribution in [0.15, 0.2) is 53.6 Å². The average molecular weight is 342 g/mol. The van der Waals surface area contributed by atoms with Crippen LogP contribution in [0.4, 0.5) is 4.39 Å². The van der Waals surface area contributed by atoms with Gasteiger partial charge in [-0.25, -0.2) is 9.37 Å². The monoisotopic (exact) mass is 342 g/mol. The summed E-state index contributed by atoms with van der Waals surface area (Å²) in [6.45, 7) is 0. The van der Waals surface area contributed by atoms with Gasteiger partial charge in [-0.2, -0.15) is 0 Å². The summed E-state index contributed by atoms with van der Waals surface area (Å²) in [5.41, 5.74) is 7.41. The van der Waals surface area contributed by atoms with E-state index in [0.29, 0.717) is 21.9 Å². The number of thioether (sulfide) groups is 1. The van der Waals surface area contributed by atoms with Gasteiger partial charge in [0.05, 0.1) is 23.2 Å². The Morgan fingerprint density at radius 3 is 2.75 bits per heavy atom. The number of carbonyl (C=O) groups excluding carboxylic acids is 1. The Bertz CT molecular complexity index is 915. The molecule has 0 aliphatic carbocycles. The fourth-order valence-corrected chi connectivity index (χ4v) is 3.24. The highest BCUT2D eigenvalue weighted by molar-refractivity contribution is 7.98. The number of aromatic nitrogens is 1. The zero-order valence-corrected chi connectivity index (χ0v) is 13.8. The molecule has 0 radical (unpaired) electrons. The lowest BCUT2D eigenvalue weighted by Crippen LogP contribution is -2.12. The van der Waals surface area contributed by atoms with Crippen LogP contribution in [-0.4, -0.2) is 18.0 Å². The molecule has 0 bridgehead atoms. The van der Waals surface area contributed by atoms with Crippen molar-refractivity contribution in [1.82, 2.24) is 4.98 Å². The van der Waals surface area contributed by atoms with Gasteiger partial charge in [0.25, 0.3) is 0 Å². The maximum Gasteiger partial charge on any atom is 0.249 e. The Morgan fingerprint density at radius 2 is 2.04 bits per heavy atom. The molecule has 0 saturated heterocycles. The molecule has 1 heterocycles. The van der Waals surface area contributed by atoms with Crippen molar-refractivity contribution in [1.29, 1.82) is 0 Å². The minimum atomic E-state index is -0.494. The molecule has 4 nitrogen and oxygen atoms in total. The number of nitrogens with two attached hydrogens (primary N) is 1. The Balaban J connectivity index is 1.87.